The average molecular weight is 462 g/mol. The number of halogens is 1. The van der Waals surface area contributed by atoms with E-state index in [4.69, 9.17) is 8.94 Å². The smallest absolute Gasteiger partial charge is 0.191 e. The molecule has 7 nitrogen and oxygen atoms in total. The summed E-state index contributed by atoms with van der Waals surface area (Å²) in [5.74, 6) is 2.88. The fraction of sp³-hybridized carbons (Fsp3) is 0.529. The predicted molar refractivity (Wildman–Crippen MR) is 107 cm³/mol. The molecule has 0 aromatic carbocycles. The highest BCUT2D eigenvalue weighted by Crippen LogP contribution is 2.26. The number of nitrogens with one attached hydrogen (secondary N) is 2. The molecule has 2 aromatic heterocycles. The Bertz CT molecular complexity index is 715. The van der Waals surface area contributed by atoms with Crippen molar-refractivity contribution in [3.8, 4) is 0 Å². The Morgan fingerprint density at radius 3 is 2.40 bits per heavy atom. The normalized spacial score (nSPS) is 14.0. The van der Waals surface area contributed by atoms with Crippen molar-refractivity contribution in [2.45, 2.75) is 46.8 Å². The number of furan rings is 1. The molecule has 0 aliphatic heterocycles. The summed E-state index contributed by atoms with van der Waals surface area (Å²) in [4.78, 5) is 4.18. The third-order valence-electron chi connectivity index (χ3n) is 4.06. The van der Waals surface area contributed by atoms with Crippen molar-refractivity contribution in [1.82, 2.24) is 15.8 Å². The molecule has 8 heteroatoms. The van der Waals surface area contributed by atoms with Gasteiger partial charge in [-0.1, -0.05) is 5.16 Å². The number of hydrogen-bond acceptors (Lipinski definition) is 5. The van der Waals surface area contributed by atoms with Crippen LogP contribution < -0.4 is 10.6 Å². The Balaban J connectivity index is 0.00000312. The minimum Gasteiger partial charge on any atom is -0.466 e. The number of hydrogen-bond donors (Lipinski definition) is 3. The summed E-state index contributed by atoms with van der Waals surface area (Å²) in [6.07, 6.45) is 0. The standard InChI is InChI=1S/C17H26N4O3.HI/c1-10-7-15(13(4)23-10)17(5,22)9-20-16(18-6)19-8-14-11(2)21-24-12(14)3;/h7,22H,8-9H2,1-6H3,(H2,18,19,20);1H. The fourth-order valence-corrected chi connectivity index (χ4v) is 2.66. The van der Waals surface area contributed by atoms with Gasteiger partial charge in [0.05, 0.1) is 12.2 Å². The molecule has 0 aliphatic carbocycles. The zero-order valence-corrected chi connectivity index (χ0v) is 17.9. The van der Waals surface area contributed by atoms with Gasteiger partial charge in [-0.2, -0.15) is 0 Å². The fourth-order valence-electron chi connectivity index (χ4n) is 2.66. The van der Waals surface area contributed by atoms with Crippen LogP contribution in [0.25, 0.3) is 0 Å². The van der Waals surface area contributed by atoms with E-state index in [0.717, 1.165) is 34.1 Å². The van der Waals surface area contributed by atoms with Crippen LogP contribution in [0.15, 0.2) is 20.0 Å². The van der Waals surface area contributed by atoms with Gasteiger partial charge in [0.2, 0.25) is 0 Å². The van der Waals surface area contributed by atoms with E-state index in [0.29, 0.717) is 19.0 Å². The molecule has 1 atom stereocenters. The van der Waals surface area contributed by atoms with Crippen molar-refractivity contribution in [1.29, 1.82) is 0 Å². The quantitative estimate of drug-likeness (QED) is 0.359. The number of aliphatic imine (C=N–C) groups is 1. The van der Waals surface area contributed by atoms with Gasteiger partial charge in [0.15, 0.2) is 5.96 Å². The second-order valence-corrected chi connectivity index (χ2v) is 6.18. The lowest BCUT2D eigenvalue weighted by molar-refractivity contribution is 0.0601. The van der Waals surface area contributed by atoms with Crippen molar-refractivity contribution >= 4 is 29.9 Å². The molecule has 0 radical (unpaired) electrons. The van der Waals surface area contributed by atoms with Crippen molar-refractivity contribution in [3.63, 3.8) is 0 Å². The maximum Gasteiger partial charge on any atom is 0.191 e. The summed E-state index contributed by atoms with van der Waals surface area (Å²) in [6.45, 7) is 10.1. The van der Waals surface area contributed by atoms with Crippen LogP contribution in [-0.4, -0.2) is 29.8 Å². The van der Waals surface area contributed by atoms with Crippen molar-refractivity contribution in [2.75, 3.05) is 13.6 Å². The minimum absolute atomic E-state index is 0. The van der Waals surface area contributed by atoms with Crippen molar-refractivity contribution in [2.24, 2.45) is 4.99 Å². The van der Waals surface area contributed by atoms with Crippen LogP contribution >= 0.6 is 24.0 Å². The molecule has 2 heterocycles. The van der Waals surface area contributed by atoms with Crippen LogP contribution in [-0.2, 0) is 12.1 Å². The maximum atomic E-state index is 10.7. The van der Waals surface area contributed by atoms with Crippen LogP contribution in [0.1, 0.15) is 41.0 Å². The lowest BCUT2D eigenvalue weighted by atomic mass is 9.96. The van der Waals surface area contributed by atoms with Gasteiger partial charge >= 0.3 is 0 Å². The van der Waals surface area contributed by atoms with E-state index in [-0.39, 0.29) is 24.0 Å². The summed E-state index contributed by atoms with van der Waals surface area (Å²) in [6, 6.07) is 1.86. The minimum atomic E-state index is -1.07. The average Bonchev–Trinajstić information content (AvgIpc) is 3.02. The first-order chi connectivity index (χ1) is 11.2. The van der Waals surface area contributed by atoms with E-state index in [1.807, 2.05) is 33.8 Å². The van der Waals surface area contributed by atoms with E-state index in [2.05, 4.69) is 20.8 Å². The number of aromatic nitrogens is 1. The maximum absolute atomic E-state index is 10.7. The largest absolute Gasteiger partial charge is 0.466 e. The molecular weight excluding hydrogens is 435 g/mol. The van der Waals surface area contributed by atoms with Crippen LogP contribution in [0, 0.1) is 27.7 Å². The molecule has 0 fully saturated rings. The Hall–Kier alpha value is -1.55. The van der Waals surface area contributed by atoms with Crippen LogP contribution in [0.3, 0.4) is 0 Å². The van der Waals surface area contributed by atoms with Gasteiger partial charge < -0.3 is 24.7 Å². The van der Waals surface area contributed by atoms with Gasteiger partial charge in [-0.3, -0.25) is 4.99 Å². The second kappa shape index (κ2) is 8.70. The highest BCUT2D eigenvalue weighted by molar-refractivity contribution is 14.0. The summed E-state index contributed by atoms with van der Waals surface area (Å²) < 4.78 is 10.7. The lowest BCUT2D eigenvalue weighted by Crippen LogP contribution is -2.44. The number of nitrogens with zero attached hydrogens (tertiary/aromatic N) is 2. The molecule has 0 amide bonds. The third-order valence-corrected chi connectivity index (χ3v) is 4.06. The van der Waals surface area contributed by atoms with Crippen LogP contribution in [0.4, 0.5) is 0 Å². The molecule has 0 saturated carbocycles. The first-order valence-corrected chi connectivity index (χ1v) is 7.90. The van der Waals surface area contributed by atoms with Gasteiger partial charge in [0.25, 0.3) is 0 Å². The van der Waals surface area contributed by atoms with Crippen molar-refractivity contribution in [3.05, 3.63) is 40.2 Å². The Morgan fingerprint density at radius 2 is 1.92 bits per heavy atom. The lowest BCUT2D eigenvalue weighted by Gasteiger charge is -2.24. The molecule has 3 N–H and O–H groups in total. The van der Waals surface area contributed by atoms with Gasteiger partial charge in [0, 0.05) is 24.7 Å². The summed E-state index contributed by atoms with van der Waals surface area (Å²) >= 11 is 0. The van der Waals surface area contributed by atoms with Crippen LogP contribution in [0.5, 0.6) is 0 Å². The van der Waals surface area contributed by atoms with E-state index < -0.39 is 5.60 Å². The molecule has 140 valence electrons. The Kier molecular flexibility index (Phi) is 7.48. The van der Waals surface area contributed by atoms with E-state index in [1.165, 1.54) is 0 Å². The molecule has 1 unspecified atom stereocenters. The van der Waals surface area contributed by atoms with Crippen LogP contribution in [0.2, 0.25) is 0 Å². The first-order valence-electron chi connectivity index (χ1n) is 7.90. The van der Waals surface area contributed by atoms with Gasteiger partial charge in [-0.15, -0.1) is 24.0 Å². The van der Waals surface area contributed by atoms with Crippen molar-refractivity contribution < 1.29 is 14.0 Å². The van der Waals surface area contributed by atoms with Gasteiger partial charge in [-0.25, -0.2) is 0 Å². The molecule has 2 rings (SSSR count). The Morgan fingerprint density at radius 1 is 1.24 bits per heavy atom. The highest BCUT2D eigenvalue weighted by atomic mass is 127. The number of aliphatic hydroxyl groups is 1. The topological polar surface area (TPSA) is 95.8 Å². The van der Waals surface area contributed by atoms with Gasteiger partial charge in [-0.05, 0) is 40.7 Å². The summed E-state index contributed by atoms with van der Waals surface area (Å²) in [5.41, 5.74) is 1.56. The predicted octanol–water partition coefficient (Wildman–Crippen LogP) is 2.69. The monoisotopic (exact) mass is 462 g/mol. The molecule has 2 aromatic rings. The summed E-state index contributed by atoms with van der Waals surface area (Å²) in [5, 5.41) is 21.0. The number of guanidine groups is 1. The SMILES string of the molecule is CN=C(NCc1c(C)noc1C)NCC(C)(O)c1cc(C)oc1C.I. The molecule has 0 bridgehead atoms. The molecule has 0 saturated heterocycles. The first kappa shape index (κ1) is 21.5. The van der Waals surface area contributed by atoms with E-state index in [9.17, 15) is 5.11 Å². The number of aryl methyl sites for hydroxylation is 4. The summed E-state index contributed by atoms with van der Waals surface area (Å²) in [7, 11) is 1.69. The number of rotatable bonds is 5. The Labute approximate surface area is 165 Å². The molecule has 0 spiro atoms. The zero-order chi connectivity index (χ0) is 17.9. The molecule has 0 aliphatic rings. The van der Waals surface area contributed by atoms with E-state index in [1.54, 1.807) is 14.0 Å². The highest BCUT2D eigenvalue weighted by Gasteiger charge is 2.27. The van der Waals surface area contributed by atoms with E-state index >= 15 is 0 Å². The zero-order valence-electron chi connectivity index (χ0n) is 15.6. The second-order valence-electron chi connectivity index (χ2n) is 6.18. The molecule has 25 heavy (non-hydrogen) atoms. The van der Waals surface area contributed by atoms with Gasteiger partial charge in [0.1, 0.15) is 22.9 Å². The molecular formula is C17H27IN4O3. The third kappa shape index (κ3) is 5.21.